The number of amides is 1. The van der Waals surface area contributed by atoms with Crippen molar-refractivity contribution in [3.8, 4) is 0 Å². The second-order valence-corrected chi connectivity index (χ2v) is 8.09. The first-order valence-corrected chi connectivity index (χ1v) is 10.6. The minimum absolute atomic E-state index is 0.0543. The van der Waals surface area contributed by atoms with Crippen LogP contribution in [-0.4, -0.2) is 31.3 Å². The summed E-state index contributed by atoms with van der Waals surface area (Å²) in [6, 6.07) is 5.90. The van der Waals surface area contributed by atoms with Crippen LogP contribution in [0.4, 0.5) is 11.4 Å². The number of carbonyl (C=O) groups is 1. The molecule has 0 spiro atoms. The van der Waals surface area contributed by atoms with Gasteiger partial charge in [0.1, 0.15) is 5.82 Å². The van der Waals surface area contributed by atoms with Crippen LogP contribution in [0.25, 0.3) is 0 Å². The lowest BCUT2D eigenvalue weighted by Crippen LogP contribution is -2.14. The molecule has 0 radical (unpaired) electrons. The number of aryl methyl sites for hydroxylation is 1. The average molecular weight is 404 g/mol. The van der Waals surface area contributed by atoms with Crippen molar-refractivity contribution in [2.45, 2.75) is 50.1 Å². The van der Waals surface area contributed by atoms with Gasteiger partial charge in [0, 0.05) is 31.3 Å². The maximum absolute atomic E-state index is 12.2. The number of nitrogens with one attached hydrogen (secondary N) is 1. The molecule has 3 rings (SSSR count). The number of nitro groups is 1. The number of hydrogen-bond acceptors (Lipinski definition) is 6. The van der Waals surface area contributed by atoms with Crippen molar-refractivity contribution < 1.29 is 9.72 Å². The third kappa shape index (κ3) is 5.54. The molecule has 1 amide bonds. The molecule has 0 saturated heterocycles. The van der Waals surface area contributed by atoms with Crippen LogP contribution in [0, 0.1) is 16.0 Å². The van der Waals surface area contributed by atoms with Crippen molar-refractivity contribution in [1.29, 1.82) is 0 Å². The van der Waals surface area contributed by atoms with E-state index in [0.29, 0.717) is 10.8 Å². The number of nitro benzene ring substituents is 1. The predicted molar refractivity (Wildman–Crippen MR) is 108 cm³/mol. The van der Waals surface area contributed by atoms with Gasteiger partial charge in [0.2, 0.25) is 5.91 Å². The molecule has 0 atom stereocenters. The van der Waals surface area contributed by atoms with Crippen LogP contribution < -0.4 is 5.32 Å². The maximum atomic E-state index is 12.2. The number of rotatable bonds is 8. The summed E-state index contributed by atoms with van der Waals surface area (Å²) in [5.41, 5.74) is 0.354. The number of aromatic nitrogens is 3. The summed E-state index contributed by atoms with van der Waals surface area (Å²) < 4.78 is 1.95. The van der Waals surface area contributed by atoms with E-state index in [-0.39, 0.29) is 17.3 Å². The summed E-state index contributed by atoms with van der Waals surface area (Å²) in [7, 11) is 1.93. The van der Waals surface area contributed by atoms with Crippen LogP contribution in [0.5, 0.6) is 0 Å². The van der Waals surface area contributed by atoms with Gasteiger partial charge in [0.05, 0.1) is 10.7 Å². The Hall–Kier alpha value is -2.42. The third-order valence-corrected chi connectivity index (χ3v) is 6.12. The highest BCUT2D eigenvalue weighted by Gasteiger charge is 2.16. The van der Waals surface area contributed by atoms with E-state index < -0.39 is 4.92 Å². The van der Waals surface area contributed by atoms with E-state index >= 15 is 0 Å². The Bertz CT molecular complexity index is 833. The van der Waals surface area contributed by atoms with E-state index in [1.54, 1.807) is 12.1 Å². The summed E-state index contributed by atoms with van der Waals surface area (Å²) >= 11 is 1.31. The minimum Gasteiger partial charge on any atom is -0.325 e. The van der Waals surface area contributed by atoms with E-state index in [2.05, 4.69) is 15.5 Å². The van der Waals surface area contributed by atoms with Gasteiger partial charge < -0.3 is 9.88 Å². The SMILES string of the molecule is Cn1c(CCC2CCCCC2)nnc1SCC(=O)Nc1cccc([N+](=O)[O-])c1. The standard InChI is InChI=1S/C19H25N5O3S/c1-23-17(11-10-14-6-3-2-4-7-14)21-22-19(23)28-13-18(25)20-15-8-5-9-16(12-15)24(26)27/h5,8-9,12,14H,2-4,6-7,10-11,13H2,1H3,(H,20,25). The highest BCUT2D eigenvalue weighted by Crippen LogP contribution is 2.27. The van der Waals surface area contributed by atoms with Crippen molar-refractivity contribution in [1.82, 2.24) is 14.8 Å². The number of anilines is 1. The smallest absolute Gasteiger partial charge is 0.271 e. The van der Waals surface area contributed by atoms with Gasteiger partial charge in [-0.1, -0.05) is 49.9 Å². The average Bonchev–Trinajstić information content (AvgIpc) is 3.05. The van der Waals surface area contributed by atoms with Crippen LogP contribution in [0.2, 0.25) is 0 Å². The van der Waals surface area contributed by atoms with Crippen LogP contribution in [-0.2, 0) is 18.3 Å². The fourth-order valence-corrected chi connectivity index (χ4v) is 4.25. The second kappa shape index (κ2) is 9.68. The summed E-state index contributed by atoms with van der Waals surface area (Å²) in [5.74, 6) is 1.67. The maximum Gasteiger partial charge on any atom is 0.271 e. The fraction of sp³-hybridized carbons (Fsp3) is 0.526. The van der Waals surface area contributed by atoms with Gasteiger partial charge in [-0.2, -0.15) is 0 Å². The molecule has 1 aromatic heterocycles. The molecule has 1 aliphatic carbocycles. The highest BCUT2D eigenvalue weighted by molar-refractivity contribution is 7.99. The lowest BCUT2D eigenvalue weighted by Gasteiger charge is -2.20. The van der Waals surface area contributed by atoms with Crippen LogP contribution in [0.15, 0.2) is 29.4 Å². The van der Waals surface area contributed by atoms with E-state index in [1.807, 2.05) is 11.6 Å². The lowest BCUT2D eigenvalue weighted by molar-refractivity contribution is -0.384. The number of hydrogen-bond donors (Lipinski definition) is 1. The number of non-ortho nitro benzene ring substituents is 1. The Morgan fingerprint density at radius 2 is 2.11 bits per heavy atom. The van der Waals surface area contributed by atoms with Crippen molar-refractivity contribution in [2.75, 3.05) is 11.1 Å². The third-order valence-electron chi connectivity index (χ3n) is 5.10. The molecule has 1 aromatic carbocycles. The second-order valence-electron chi connectivity index (χ2n) is 7.14. The molecule has 1 saturated carbocycles. The van der Waals surface area contributed by atoms with Gasteiger partial charge in [0.15, 0.2) is 5.16 Å². The summed E-state index contributed by atoms with van der Waals surface area (Å²) in [6.07, 6.45) is 8.72. The van der Waals surface area contributed by atoms with Crippen LogP contribution in [0.3, 0.4) is 0 Å². The predicted octanol–water partition coefficient (Wildman–Crippen LogP) is 3.97. The summed E-state index contributed by atoms with van der Waals surface area (Å²) in [6.45, 7) is 0. The van der Waals surface area contributed by atoms with Crippen molar-refractivity contribution in [3.05, 3.63) is 40.2 Å². The molecule has 1 fully saturated rings. The van der Waals surface area contributed by atoms with Gasteiger partial charge in [0.25, 0.3) is 5.69 Å². The Balaban J connectivity index is 1.49. The molecule has 1 aliphatic rings. The molecule has 150 valence electrons. The molecule has 9 heteroatoms. The van der Waals surface area contributed by atoms with Gasteiger partial charge in [-0.15, -0.1) is 10.2 Å². The number of nitrogens with zero attached hydrogens (tertiary/aromatic N) is 4. The molecule has 8 nitrogen and oxygen atoms in total. The first-order valence-electron chi connectivity index (χ1n) is 9.58. The molecule has 1 heterocycles. The molecule has 0 bridgehead atoms. The molecule has 28 heavy (non-hydrogen) atoms. The van der Waals surface area contributed by atoms with Crippen LogP contribution >= 0.6 is 11.8 Å². The Kier molecular flexibility index (Phi) is 7.02. The van der Waals surface area contributed by atoms with Crippen molar-refractivity contribution >= 4 is 29.0 Å². The number of carbonyl (C=O) groups excluding carboxylic acids is 1. The van der Waals surface area contributed by atoms with E-state index in [0.717, 1.165) is 24.6 Å². The monoisotopic (exact) mass is 403 g/mol. The molecule has 0 aliphatic heterocycles. The van der Waals surface area contributed by atoms with Crippen molar-refractivity contribution in [2.24, 2.45) is 13.0 Å². The number of thioether (sulfide) groups is 1. The topological polar surface area (TPSA) is 103 Å². The van der Waals surface area contributed by atoms with E-state index in [9.17, 15) is 14.9 Å². The number of benzene rings is 1. The molecular formula is C19H25N5O3S. The van der Waals surface area contributed by atoms with Crippen LogP contribution in [0.1, 0.15) is 44.3 Å². The molecule has 2 aromatic rings. The minimum atomic E-state index is -0.487. The molecule has 0 unspecified atom stereocenters. The quantitative estimate of drug-likeness (QED) is 0.406. The fourth-order valence-electron chi connectivity index (χ4n) is 3.52. The zero-order chi connectivity index (χ0) is 19.9. The van der Waals surface area contributed by atoms with Crippen molar-refractivity contribution in [3.63, 3.8) is 0 Å². The van der Waals surface area contributed by atoms with Gasteiger partial charge in [-0.3, -0.25) is 14.9 Å². The van der Waals surface area contributed by atoms with Gasteiger partial charge in [-0.05, 0) is 18.4 Å². The van der Waals surface area contributed by atoms with E-state index in [1.165, 1.54) is 56.0 Å². The first kappa shape index (κ1) is 20.3. The molecular weight excluding hydrogens is 378 g/mol. The molecule has 1 N–H and O–H groups in total. The zero-order valence-electron chi connectivity index (χ0n) is 16.0. The summed E-state index contributed by atoms with van der Waals surface area (Å²) in [5, 5.41) is 22.7. The van der Waals surface area contributed by atoms with Gasteiger partial charge >= 0.3 is 0 Å². The Morgan fingerprint density at radius 1 is 1.32 bits per heavy atom. The Morgan fingerprint density at radius 3 is 2.86 bits per heavy atom. The summed E-state index contributed by atoms with van der Waals surface area (Å²) in [4.78, 5) is 22.5. The highest BCUT2D eigenvalue weighted by atomic mass is 32.2. The Labute approximate surface area is 168 Å². The first-order chi connectivity index (χ1) is 13.5. The largest absolute Gasteiger partial charge is 0.325 e. The normalized spacial score (nSPS) is 14.8. The zero-order valence-corrected chi connectivity index (χ0v) is 16.8. The van der Waals surface area contributed by atoms with E-state index in [4.69, 9.17) is 0 Å². The lowest BCUT2D eigenvalue weighted by atomic mass is 9.86. The van der Waals surface area contributed by atoms with Gasteiger partial charge in [-0.25, -0.2) is 0 Å².